The topological polar surface area (TPSA) is 34.1 Å². The Balaban J connectivity index is 1.43. The van der Waals surface area contributed by atoms with E-state index >= 15 is 0 Å². The summed E-state index contributed by atoms with van der Waals surface area (Å²) >= 11 is 3.55. The molecule has 0 atom stereocenters. The van der Waals surface area contributed by atoms with Gasteiger partial charge in [-0.25, -0.2) is 0 Å². The minimum Gasteiger partial charge on any atom is -0.392 e. The van der Waals surface area contributed by atoms with E-state index in [4.69, 9.17) is 8.85 Å². The highest BCUT2D eigenvalue weighted by Gasteiger charge is 2.32. The predicted octanol–water partition coefficient (Wildman–Crippen LogP) is 4.88. The smallest absolute Gasteiger partial charge is 0.335 e. The quantitative estimate of drug-likeness (QED) is 0.360. The molecule has 3 rings (SSSR count). The number of hydrogen-bond acceptors (Lipinski definition) is 4. The van der Waals surface area contributed by atoms with Crippen molar-refractivity contribution in [3.63, 3.8) is 0 Å². The van der Waals surface area contributed by atoms with Crippen molar-refractivity contribution in [2.24, 2.45) is 4.99 Å². The molecule has 0 radical (unpaired) electrons. The molecule has 0 aromatic heterocycles. The normalized spacial score (nSPS) is 17.6. The van der Waals surface area contributed by atoms with Crippen LogP contribution in [0.3, 0.4) is 0 Å². The van der Waals surface area contributed by atoms with E-state index in [-0.39, 0.29) is 0 Å². The standard InChI is InChI=1S/C21H27BrN2O2Si/c1-27(17-7-12-23-18-19-8-5-6-11-21(19)22)25-15-13-24(14-16-26-27)20-9-3-2-4-10-20/h2-6,8-11,18H,7,12-17H2,1H3. The molecule has 0 spiro atoms. The summed E-state index contributed by atoms with van der Waals surface area (Å²) in [6, 6.07) is 19.6. The molecule has 2 aromatic carbocycles. The Hall–Kier alpha value is -1.47. The SMILES string of the molecule is C[Si]1(CCCN=Cc2ccccc2Br)OCCN(c2ccccc2)CCO1. The van der Waals surface area contributed by atoms with Gasteiger partial charge in [0.25, 0.3) is 0 Å². The van der Waals surface area contributed by atoms with Crippen molar-refractivity contribution < 1.29 is 8.85 Å². The summed E-state index contributed by atoms with van der Waals surface area (Å²) in [5.41, 5.74) is 2.34. The highest BCUT2D eigenvalue weighted by molar-refractivity contribution is 9.10. The first-order valence-corrected chi connectivity index (χ1v) is 12.8. The summed E-state index contributed by atoms with van der Waals surface area (Å²) in [7, 11) is -2.10. The highest BCUT2D eigenvalue weighted by atomic mass is 79.9. The van der Waals surface area contributed by atoms with E-state index in [0.717, 1.165) is 55.3 Å². The lowest BCUT2D eigenvalue weighted by Crippen LogP contribution is -2.46. The van der Waals surface area contributed by atoms with Crippen LogP contribution in [0.5, 0.6) is 0 Å². The Kier molecular flexibility index (Phi) is 7.64. The number of nitrogens with zero attached hydrogens (tertiary/aromatic N) is 2. The van der Waals surface area contributed by atoms with Crippen molar-refractivity contribution in [2.45, 2.75) is 19.0 Å². The maximum absolute atomic E-state index is 6.22. The molecule has 1 heterocycles. The Morgan fingerprint density at radius 1 is 1.04 bits per heavy atom. The van der Waals surface area contributed by atoms with Crippen LogP contribution in [0.15, 0.2) is 64.1 Å². The fraction of sp³-hybridized carbons (Fsp3) is 0.381. The first kappa shape index (κ1) is 20.3. The van der Waals surface area contributed by atoms with Crippen molar-refractivity contribution in [3.8, 4) is 0 Å². The van der Waals surface area contributed by atoms with Gasteiger partial charge in [0.15, 0.2) is 0 Å². The van der Waals surface area contributed by atoms with E-state index in [1.165, 1.54) is 5.69 Å². The zero-order chi connectivity index (χ0) is 19.0. The van der Waals surface area contributed by atoms with Crippen molar-refractivity contribution in [2.75, 3.05) is 37.7 Å². The van der Waals surface area contributed by atoms with Crippen molar-refractivity contribution in [1.82, 2.24) is 0 Å². The van der Waals surface area contributed by atoms with Crippen LogP contribution in [-0.2, 0) is 8.85 Å². The molecule has 1 fully saturated rings. The van der Waals surface area contributed by atoms with Crippen LogP contribution in [0.25, 0.3) is 0 Å². The van der Waals surface area contributed by atoms with Gasteiger partial charge >= 0.3 is 8.56 Å². The number of aliphatic imine (C=N–C) groups is 1. The zero-order valence-electron chi connectivity index (χ0n) is 15.8. The van der Waals surface area contributed by atoms with E-state index in [1.54, 1.807) is 0 Å². The first-order chi connectivity index (χ1) is 13.2. The number of anilines is 1. The minimum atomic E-state index is -2.10. The Morgan fingerprint density at radius 2 is 1.70 bits per heavy atom. The van der Waals surface area contributed by atoms with Gasteiger partial charge in [-0.15, -0.1) is 0 Å². The third-order valence-corrected chi connectivity index (χ3v) is 8.33. The van der Waals surface area contributed by atoms with Crippen molar-refractivity contribution >= 4 is 36.4 Å². The van der Waals surface area contributed by atoms with Crippen LogP contribution < -0.4 is 4.90 Å². The molecule has 0 aliphatic carbocycles. The minimum absolute atomic E-state index is 0.720. The van der Waals surface area contributed by atoms with Gasteiger partial charge in [-0.2, -0.15) is 0 Å². The van der Waals surface area contributed by atoms with E-state index in [2.05, 4.69) is 62.7 Å². The molecule has 1 aliphatic heterocycles. The Labute approximate surface area is 171 Å². The monoisotopic (exact) mass is 446 g/mol. The summed E-state index contributed by atoms with van der Waals surface area (Å²) in [4.78, 5) is 6.89. The van der Waals surface area contributed by atoms with Crippen LogP contribution in [0, 0.1) is 0 Å². The van der Waals surface area contributed by atoms with Crippen molar-refractivity contribution in [3.05, 3.63) is 64.6 Å². The lowest BCUT2D eigenvalue weighted by molar-refractivity contribution is 0.164. The summed E-state index contributed by atoms with van der Waals surface area (Å²) in [6.07, 6.45) is 2.93. The van der Waals surface area contributed by atoms with Crippen LogP contribution in [-0.4, -0.2) is 47.6 Å². The van der Waals surface area contributed by atoms with Gasteiger partial charge in [-0.1, -0.05) is 52.3 Å². The van der Waals surface area contributed by atoms with E-state index in [9.17, 15) is 0 Å². The molecule has 2 aromatic rings. The van der Waals surface area contributed by atoms with Crippen LogP contribution >= 0.6 is 15.9 Å². The van der Waals surface area contributed by atoms with Gasteiger partial charge in [0.05, 0.1) is 13.2 Å². The van der Waals surface area contributed by atoms with E-state index in [1.807, 2.05) is 30.5 Å². The van der Waals surface area contributed by atoms with Gasteiger partial charge in [-0.3, -0.25) is 4.99 Å². The Morgan fingerprint density at radius 3 is 2.41 bits per heavy atom. The fourth-order valence-corrected chi connectivity index (χ4v) is 5.78. The first-order valence-electron chi connectivity index (χ1n) is 9.49. The Bertz CT molecular complexity index is 732. The molecule has 1 aliphatic rings. The lowest BCUT2D eigenvalue weighted by atomic mass is 10.2. The predicted molar refractivity (Wildman–Crippen MR) is 118 cm³/mol. The molecule has 27 heavy (non-hydrogen) atoms. The maximum atomic E-state index is 6.22. The van der Waals surface area contributed by atoms with Crippen LogP contribution in [0.4, 0.5) is 5.69 Å². The molecular weight excluding hydrogens is 420 g/mol. The average molecular weight is 447 g/mol. The van der Waals surface area contributed by atoms with Crippen LogP contribution in [0.2, 0.25) is 12.6 Å². The molecule has 0 amide bonds. The average Bonchev–Trinajstić information content (AvgIpc) is 2.67. The fourth-order valence-electron chi connectivity index (χ4n) is 3.17. The number of hydrogen-bond donors (Lipinski definition) is 0. The molecule has 1 saturated heterocycles. The van der Waals surface area contributed by atoms with Gasteiger partial charge in [0, 0.05) is 41.6 Å². The summed E-state index contributed by atoms with van der Waals surface area (Å²) < 4.78 is 13.5. The van der Waals surface area contributed by atoms with Gasteiger partial charge < -0.3 is 13.8 Å². The number of para-hydroxylation sites is 1. The molecule has 0 N–H and O–H groups in total. The van der Waals surface area contributed by atoms with Gasteiger partial charge in [-0.05, 0) is 37.2 Å². The zero-order valence-corrected chi connectivity index (χ0v) is 18.4. The maximum Gasteiger partial charge on any atom is 0.335 e. The second-order valence-electron chi connectivity index (χ2n) is 6.81. The number of rotatable bonds is 6. The summed E-state index contributed by atoms with van der Waals surface area (Å²) in [5, 5.41) is 0. The molecule has 6 heteroatoms. The molecule has 4 nitrogen and oxygen atoms in total. The largest absolute Gasteiger partial charge is 0.392 e. The second kappa shape index (κ2) is 10.2. The molecule has 0 bridgehead atoms. The van der Waals surface area contributed by atoms with E-state index < -0.39 is 8.56 Å². The number of benzene rings is 2. The summed E-state index contributed by atoms with van der Waals surface area (Å²) in [6.45, 7) is 6.25. The molecular formula is C21H27BrN2O2Si. The molecule has 144 valence electrons. The van der Waals surface area contributed by atoms with Crippen LogP contribution in [0.1, 0.15) is 12.0 Å². The second-order valence-corrected chi connectivity index (χ2v) is 11.0. The number of halogens is 1. The molecule has 0 unspecified atom stereocenters. The van der Waals surface area contributed by atoms with E-state index in [0.29, 0.717) is 0 Å². The van der Waals surface area contributed by atoms with Crippen molar-refractivity contribution in [1.29, 1.82) is 0 Å². The summed E-state index contributed by atoms with van der Waals surface area (Å²) in [5.74, 6) is 0. The van der Waals surface area contributed by atoms with Gasteiger partial charge in [0.2, 0.25) is 0 Å². The third-order valence-electron chi connectivity index (χ3n) is 4.71. The van der Waals surface area contributed by atoms with Gasteiger partial charge in [0.1, 0.15) is 0 Å². The third kappa shape index (κ3) is 6.28. The molecule has 0 saturated carbocycles. The highest BCUT2D eigenvalue weighted by Crippen LogP contribution is 2.20. The lowest BCUT2D eigenvalue weighted by Gasteiger charge is -2.34.